The number of nitrogens with one attached hydrogen (secondary N) is 1. The molecule has 8 nitrogen and oxygen atoms in total. The first kappa shape index (κ1) is 12.0. The number of hydrogen-bond acceptors (Lipinski definition) is 6. The molecule has 0 saturated heterocycles. The van der Waals surface area contributed by atoms with E-state index >= 15 is 0 Å². The van der Waals surface area contributed by atoms with Crippen LogP contribution >= 0.6 is 0 Å². The van der Waals surface area contributed by atoms with E-state index in [1.807, 2.05) is 7.05 Å². The van der Waals surface area contributed by atoms with Crippen LogP contribution in [0.25, 0.3) is 0 Å². The number of aryl methyl sites for hydroxylation is 2. The minimum atomic E-state index is -0.450. The third-order valence-corrected chi connectivity index (χ3v) is 2.49. The minimum Gasteiger partial charge on any atom is -0.363 e. The molecular weight excluding hydrogens is 236 g/mol. The standard InChI is InChI=1S/C10H12N6O2/c1-7-8(16(17)18)3-4-9(13-7)11-5-10-14-12-6-15(10)2/h3-4,6H,5H2,1-2H3,(H,11,13). The number of rotatable bonds is 4. The Morgan fingerprint density at radius 2 is 2.28 bits per heavy atom. The highest BCUT2D eigenvalue weighted by Gasteiger charge is 2.11. The largest absolute Gasteiger partial charge is 0.363 e. The van der Waals surface area contributed by atoms with Crippen LogP contribution in [0.1, 0.15) is 11.5 Å². The van der Waals surface area contributed by atoms with Gasteiger partial charge in [0, 0.05) is 13.1 Å². The van der Waals surface area contributed by atoms with Crippen molar-refractivity contribution >= 4 is 11.5 Å². The van der Waals surface area contributed by atoms with Crippen LogP contribution in [-0.4, -0.2) is 24.7 Å². The molecule has 0 radical (unpaired) electrons. The molecule has 2 aromatic rings. The number of pyridine rings is 1. The summed E-state index contributed by atoms with van der Waals surface area (Å²) in [6.07, 6.45) is 1.60. The first-order valence-electron chi connectivity index (χ1n) is 5.26. The molecular formula is C10H12N6O2. The summed E-state index contributed by atoms with van der Waals surface area (Å²) in [5.74, 6) is 1.33. The lowest BCUT2D eigenvalue weighted by atomic mass is 10.3. The highest BCUT2D eigenvalue weighted by atomic mass is 16.6. The van der Waals surface area contributed by atoms with E-state index in [4.69, 9.17) is 0 Å². The van der Waals surface area contributed by atoms with Crippen molar-refractivity contribution in [3.05, 3.63) is 40.1 Å². The van der Waals surface area contributed by atoms with Crippen LogP contribution in [0.15, 0.2) is 18.5 Å². The fourth-order valence-electron chi connectivity index (χ4n) is 1.48. The van der Waals surface area contributed by atoms with Gasteiger partial charge in [-0.05, 0) is 13.0 Å². The maximum absolute atomic E-state index is 10.6. The molecule has 0 spiro atoms. The second-order valence-electron chi connectivity index (χ2n) is 3.77. The van der Waals surface area contributed by atoms with Crippen molar-refractivity contribution in [2.45, 2.75) is 13.5 Å². The molecule has 0 bridgehead atoms. The van der Waals surface area contributed by atoms with E-state index in [1.165, 1.54) is 6.07 Å². The Labute approximate surface area is 103 Å². The van der Waals surface area contributed by atoms with Gasteiger partial charge < -0.3 is 9.88 Å². The Balaban J connectivity index is 2.09. The van der Waals surface area contributed by atoms with Gasteiger partial charge >= 0.3 is 0 Å². The van der Waals surface area contributed by atoms with Crippen molar-refractivity contribution < 1.29 is 4.92 Å². The SMILES string of the molecule is Cc1nc(NCc2nncn2C)ccc1[N+](=O)[O-]. The normalized spacial score (nSPS) is 10.3. The van der Waals surface area contributed by atoms with Gasteiger partial charge in [0.2, 0.25) is 0 Å². The fraction of sp³-hybridized carbons (Fsp3) is 0.300. The van der Waals surface area contributed by atoms with Crippen molar-refractivity contribution in [3.63, 3.8) is 0 Å². The molecule has 2 rings (SSSR count). The van der Waals surface area contributed by atoms with Crippen molar-refractivity contribution in [1.82, 2.24) is 19.7 Å². The molecule has 0 atom stereocenters. The van der Waals surface area contributed by atoms with Crippen molar-refractivity contribution in [1.29, 1.82) is 0 Å². The van der Waals surface area contributed by atoms with E-state index in [2.05, 4.69) is 20.5 Å². The average molecular weight is 248 g/mol. The Morgan fingerprint density at radius 1 is 1.50 bits per heavy atom. The summed E-state index contributed by atoms with van der Waals surface area (Å²) in [4.78, 5) is 14.3. The maximum Gasteiger partial charge on any atom is 0.290 e. The number of nitro groups is 1. The third kappa shape index (κ3) is 2.42. The summed E-state index contributed by atoms with van der Waals surface area (Å²) in [6, 6.07) is 3.00. The zero-order valence-corrected chi connectivity index (χ0v) is 9.99. The van der Waals surface area contributed by atoms with E-state index in [0.717, 1.165) is 5.82 Å². The molecule has 8 heteroatoms. The smallest absolute Gasteiger partial charge is 0.290 e. The van der Waals surface area contributed by atoms with E-state index in [9.17, 15) is 10.1 Å². The van der Waals surface area contributed by atoms with Gasteiger partial charge in [0.05, 0.1) is 11.5 Å². The summed E-state index contributed by atoms with van der Waals surface area (Å²) in [5, 5.41) is 21.3. The number of nitrogens with zero attached hydrogens (tertiary/aromatic N) is 5. The number of hydrogen-bond donors (Lipinski definition) is 1. The van der Waals surface area contributed by atoms with Gasteiger partial charge in [-0.3, -0.25) is 10.1 Å². The Morgan fingerprint density at radius 3 is 2.83 bits per heavy atom. The van der Waals surface area contributed by atoms with Crippen LogP contribution in [0, 0.1) is 17.0 Å². The quantitative estimate of drug-likeness (QED) is 0.641. The average Bonchev–Trinajstić information content (AvgIpc) is 2.72. The highest BCUT2D eigenvalue weighted by molar-refractivity contribution is 5.44. The van der Waals surface area contributed by atoms with Crippen LogP contribution in [0.3, 0.4) is 0 Å². The predicted molar refractivity (Wildman–Crippen MR) is 64.0 cm³/mol. The first-order chi connectivity index (χ1) is 8.58. The molecule has 2 aromatic heterocycles. The molecule has 18 heavy (non-hydrogen) atoms. The van der Waals surface area contributed by atoms with Gasteiger partial charge in [0.15, 0.2) is 5.82 Å². The van der Waals surface area contributed by atoms with Gasteiger partial charge in [-0.2, -0.15) is 0 Å². The van der Waals surface area contributed by atoms with E-state index in [-0.39, 0.29) is 5.69 Å². The van der Waals surface area contributed by atoms with Gasteiger partial charge in [0.1, 0.15) is 17.8 Å². The molecule has 0 aliphatic carbocycles. The van der Waals surface area contributed by atoms with Gasteiger partial charge in [-0.25, -0.2) is 4.98 Å². The Hall–Kier alpha value is -2.51. The summed E-state index contributed by atoms with van der Waals surface area (Å²) in [6.45, 7) is 2.06. The first-order valence-corrected chi connectivity index (χ1v) is 5.26. The van der Waals surface area contributed by atoms with Crippen molar-refractivity contribution in [2.75, 3.05) is 5.32 Å². The van der Waals surface area contributed by atoms with Crippen molar-refractivity contribution in [3.8, 4) is 0 Å². The topological polar surface area (TPSA) is 98.8 Å². The minimum absolute atomic E-state index is 0.0132. The highest BCUT2D eigenvalue weighted by Crippen LogP contribution is 2.17. The number of aromatic nitrogens is 4. The van der Waals surface area contributed by atoms with E-state index < -0.39 is 4.92 Å². The maximum atomic E-state index is 10.6. The van der Waals surface area contributed by atoms with Crippen LogP contribution in [0.2, 0.25) is 0 Å². The Kier molecular flexibility index (Phi) is 3.18. The summed E-state index contributed by atoms with van der Waals surface area (Å²) < 4.78 is 1.78. The predicted octanol–water partition coefficient (Wildman–Crippen LogP) is 1.04. The summed E-state index contributed by atoms with van der Waals surface area (Å²) in [5.41, 5.74) is 0.391. The zero-order chi connectivity index (χ0) is 13.1. The molecule has 0 amide bonds. The van der Waals surface area contributed by atoms with Crippen LogP contribution in [-0.2, 0) is 13.6 Å². The molecule has 0 aliphatic heterocycles. The fourth-order valence-corrected chi connectivity index (χ4v) is 1.48. The molecule has 0 unspecified atom stereocenters. The van der Waals surface area contributed by atoms with E-state index in [1.54, 1.807) is 23.9 Å². The molecule has 0 aliphatic rings. The van der Waals surface area contributed by atoms with Crippen LogP contribution in [0.5, 0.6) is 0 Å². The molecule has 0 saturated carbocycles. The van der Waals surface area contributed by atoms with Gasteiger partial charge in [-0.1, -0.05) is 0 Å². The number of anilines is 1. The molecule has 2 heterocycles. The lowest BCUT2D eigenvalue weighted by molar-refractivity contribution is -0.385. The molecule has 1 N–H and O–H groups in total. The molecule has 94 valence electrons. The lowest BCUT2D eigenvalue weighted by Crippen LogP contribution is -2.07. The lowest BCUT2D eigenvalue weighted by Gasteiger charge is -2.05. The summed E-state index contributed by atoms with van der Waals surface area (Å²) >= 11 is 0. The monoisotopic (exact) mass is 248 g/mol. The van der Waals surface area contributed by atoms with Gasteiger partial charge in [0.25, 0.3) is 5.69 Å². The Bertz CT molecular complexity index is 579. The van der Waals surface area contributed by atoms with Crippen molar-refractivity contribution in [2.24, 2.45) is 7.05 Å². The van der Waals surface area contributed by atoms with Crippen LogP contribution in [0.4, 0.5) is 11.5 Å². The van der Waals surface area contributed by atoms with E-state index in [0.29, 0.717) is 18.1 Å². The third-order valence-electron chi connectivity index (χ3n) is 2.49. The van der Waals surface area contributed by atoms with Gasteiger partial charge in [-0.15, -0.1) is 10.2 Å². The second-order valence-corrected chi connectivity index (χ2v) is 3.77. The molecule has 0 aromatic carbocycles. The van der Waals surface area contributed by atoms with Crippen LogP contribution < -0.4 is 5.32 Å². The molecule has 0 fully saturated rings. The zero-order valence-electron chi connectivity index (χ0n) is 9.99. The summed E-state index contributed by atoms with van der Waals surface area (Å²) in [7, 11) is 1.84. The second kappa shape index (κ2) is 4.78.